The summed E-state index contributed by atoms with van der Waals surface area (Å²) in [4.78, 5) is 39.0. The largest absolute Gasteiger partial charge is 0.463 e. The van der Waals surface area contributed by atoms with E-state index in [1.807, 2.05) is 13.0 Å². The van der Waals surface area contributed by atoms with Crippen LogP contribution in [0.4, 0.5) is 13.2 Å². The molecule has 3 fully saturated rings. The number of nitrogens with one attached hydrogen (secondary N) is 3. The van der Waals surface area contributed by atoms with Crippen molar-refractivity contribution in [3.8, 4) is 17.3 Å². The normalized spacial score (nSPS) is 24.3. The summed E-state index contributed by atoms with van der Waals surface area (Å²) in [6.45, 7) is 5.01. The standard InChI is InChI=1S/C36H41F3N6O3/c1-35(13-5-15-40-20-35)44-28(46)10-3-2-8-24-27(38)12-11-22-7-4-9-25(29(22)24)31-30(39)32-26(18-41-31)33(47)43-34(42-32)48-21-36-14-6-16-45(36)19-23(37)17-36/h4,7,9,11-12,18,23,40H,2-3,5-6,8,10,13-17,19-21H2,1H3,(H,44,46)(H,42,43,47)/t23-,35-,36+/m1/s1. The minimum absolute atomic E-state index is 0.0244. The van der Waals surface area contributed by atoms with Gasteiger partial charge in [-0.1, -0.05) is 24.3 Å². The van der Waals surface area contributed by atoms with Gasteiger partial charge in [0.1, 0.15) is 29.8 Å². The van der Waals surface area contributed by atoms with Gasteiger partial charge in [-0.05, 0) is 87.4 Å². The Morgan fingerprint density at radius 1 is 1.17 bits per heavy atom. The Hall–Kier alpha value is -4.03. The van der Waals surface area contributed by atoms with Gasteiger partial charge in [-0.2, -0.15) is 4.98 Å². The first-order valence-corrected chi connectivity index (χ1v) is 17.0. The predicted molar refractivity (Wildman–Crippen MR) is 178 cm³/mol. The summed E-state index contributed by atoms with van der Waals surface area (Å²) in [5.41, 5.74) is -0.812. The molecule has 12 heteroatoms. The number of nitrogens with zero attached hydrogens (tertiary/aromatic N) is 3. The molecule has 0 bridgehead atoms. The van der Waals surface area contributed by atoms with Gasteiger partial charge >= 0.3 is 0 Å². The maximum Gasteiger partial charge on any atom is 0.297 e. The second-order valence-electron chi connectivity index (χ2n) is 13.9. The number of carbonyl (C=O) groups is 1. The monoisotopic (exact) mass is 662 g/mol. The number of piperidine rings is 1. The van der Waals surface area contributed by atoms with Crippen molar-refractivity contribution in [3.63, 3.8) is 0 Å². The number of carbonyl (C=O) groups excluding carboxylic acids is 1. The van der Waals surface area contributed by atoms with E-state index < -0.39 is 28.9 Å². The van der Waals surface area contributed by atoms with E-state index >= 15 is 8.78 Å². The third-order valence-corrected chi connectivity index (χ3v) is 10.4. The van der Waals surface area contributed by atoms with Crippen molar-refractivity contribution >= 4 is 27.6 Å². The van der Waals surface area contributed by atoms with Crippen molar-refractivity contribution < 1.29 is 22.7 Å². The van der Waals surface area contributed by atoms with Crippen molar-refractivity contribution in [1.29, 1.82) is 0 Å². The fourth-order valence-corrected chi connectivity index (χ4v) is 7.97. The molecule has 3 aliphatic heterocycles. The van der Waals surface area contributed by atoms with Gasteiger partial charge in [0, 0.05) is 43.2 Å². The zero-order chi connectivity index (χ0) is 33.5. The summed E-state index contributed by atoms with van der Waals surface area (Å²) in [5, 5.41) is 7.67. The number of aromatic amines is 1. The predicted octanol–water partition coefficient (Wildman–Crippen LogP) is 5.34. The third kappa shape index (κ3) is 6.27. The van der Waals surface area contributed by atoms with Crippen molar-refractivity contribution in [3.05, 3.63) is 64.1 Å². The van der Waals surface area contributed by atoms with Crippen LogP contribution in [0.2, 0.25) is 0 Å². The number of pyridine rings is 1. The molecule has 3 saturated heterocycles. The number of ether oxygens (including phenoxy) is 1. The van der Waals surface area contributed by atoms with Crippen molar-refractivity contribution in [2.24, 2.45) is 0 Å². The van der Waals surface area contributed by atoms with Crippen LogP contribution in [0.15, 0.2) is 41.3 Å². The molecule has 0 saturated carbocycles. The summed E-state index contributed by atoms with van der Waals surface area (Å²) in [7, 11) is 0. The van der Waals surface area contributed by atoms with E-state index in [1.54, 1.807) is 18.2 Å². The Kier molecular flexibility index (Phi) is 8.88. The van der Waals surface area contributed by atoms with E-state index in [-0.39, 0.29) is 40.7 Å². The number of benzene rings is 2. The lowest BCUT2D eigenvalue weighted by Crippen LogP contribution is -2.55. The highest BCUT2D eigenvalue weighted by molar-refractivity contribution is 5.99. The average molecular weight is 663 g/mol. The highest BCUT2D eigenvalue weighted by atomic mass is 19.1. The Bertz CT molecular complexity index is 1910. The van der Waals surface area contributed by atoms with Gasteiger partial charge in [0.15, 0.2) is 5.82 Å². The summed E-state index contributed by atoms with van der Waals surface area (Å²) in [6.07, 6.45) is 6.11. The number of halogens is 3. The van der Waals surface area contributed by atoms with Crippen LogP contribution in [0.1, 0.15) is 63.9 Å². The van der Waals surface area contributed by atoms with E-state index in [0.29, 0.717) is 60.5 Å². The van der Waals surface area contributed by atoms with Crippen LogP contribution in [0.5, 0.6) is 6.01 Å². The lowest BCUT2D eigenvalue weighted by atomic mass is 9.92. The maximum atomic E-state index is 16.4. The molecule has 2 aromatic heterocycles. The number of unbranched alkanes of at least 4 members (excludes halogenated alkanes) is 1. The number of H-pyrrole nitrogens is 1. The number of amides is 1. The Morgan fingerprint density at radius 3 is 2.88 bits per heavy atom. The summed E-state index contributed by atoms with van der Waals surface area (Å²) >= 11 is 0. The van der Waals surface area contributed by atoms with E-state index in [1.165, 1.54) is 12.3 Å². The molecule has 2 aromatic carbocycles. The van der Waals surface area contributed by atoms with Gasteiger partial charge in [0.05, 0.1) is 10.9 Å². The summed E-state index contributed by atoms with van der Waals surface area (Å²) in [5.74, 6) is -1.27. The second-order valence-corrected chi connectivity index (χ2v) is 13.9. The zero-order valence-electron chi connectivity index (χ0n) is 27.1. The molecule has 3 N–H and O–H groups in total. The van der Waals surface area contributed by atoms with E-state index in [9.17, 15) is 14.0 Å². The SMILES string of the molecule is C[C@@]1(NC(=O)CCCCc2c(F)ccc3cccc(-c4ncc5c(=O)[nH]c(OC[C@@]67CCCN6C[C@H](F)C7)nc5c4F)c23)CCCNC1. The third-order valence-electron chi connectivity index (χ3n) is 10.4. The van der Waals surface area contributed by atoms with Crippen LogP contribution in [-0.2, 0) is 11.2 Å². The molecule has 7 rings (SSSR count). The molecule has 4 aromatic rings. The molecular formula is C36H41F3N6O3. The molecule has 0 radical (unpaired) electrons. The van der Waals surface area contributed by atoms with Crippen LogP contribution >= 0.6 is 0 Å². The van der Waals surface area contributed by atoms with Crippen LogP contribution in [-0.4, -0.2) is 75.8 Å². The van der Waals surface area contributed by atoms with Gasteiger partial charge in [0.2, 0.25) is 5.91 Å². The maximum absolute atomic E-state index is 16.4. The molecule has 3 atom stereocenters. The van der Waals surface area contributed by atoms with Gasteiger partial charge in [-0.15, -0.1) is 0 Å². The van der Waals surface area contributed by atoms with Crippen LogP contribution < -0.4 is 20.9 Å². The van der Waals surface area contributed by atoms with Crippen LogP contribution in [0.3, 0.4) is 0 Å². The van der Waals surface area contributed by atoms with E-state index in [0.717, 1.165) is 45.3 Å². The van der Waals surface area contributed by atoms with Crippen molar-refractivity contribution in [1.82, 2.24) is 30.5 Å². The molecule has 0 aliphatic carbocycles. The molecular weight excluding hydrogens is 621 g/mol. The molecule has 3 aliphatic rings. The van der Waals surface area contributed by atoms with Crippen molar-refractivity contribution in [2.75, 3.05) is 32.8 Å². The lowest BCUT2D eigenvalue weighted by molar-refractivity contribution is -0.123. The zero-order valence-corrected chi connectivity index (χ0v) is 27.1. The van der Waals surface area contributed by atoms with Gasteiger partial charge in [-0.25, -0.2) is 13.2 Å². The van der Waals surface area contributed by atoms with Crippen molar-refractivity contribution in [2.45, 2.75) is 82.0 Å². The first-order chi connectivity index (χ1) is 23.1. The smallest absolute Gasteiger partial charge is 0.297 e. The highest BCUT2D eigenvalue weighted by Gasteiger charge is 2.49. The molecule has 1 amide bonds. The molecule has 254 valence electrons. The molecule has 0 spiro atoms. The topological polar surface area (TPSA) is 112 Å². The lowest BCUT2D eigenvalue weighted by Gasteiger charge is -2.35. The molecule has 0 unspecified atom stereocenters. The fourth-order valence-electron chi connectivity index (χ4n) is 7.97. The number of fused-ring (bicyclic) bond motifs is 3. The van der Waals surface area contributed by atoms with E-state index in [2.05, 4.69) is 30.5 Å². The number of alkyl halides is 1. The number of aromatic nitrogens is 3. The van der Waals surface area contributed by atoms with E-state index in [4.69, 9.17) is 4.74 Å². The minimum atomic E-state index is -0.939. The van der Waals surface area contributed by atoms with Crippen LogP contribution in [0.25, 0.3) is 32.9 Å². The Morgan fingerprint density at radius 2 is 2.04 bits per heavy atom. The molecule has 9 nitrogen and oxygen atoms in total. The Labute approximate surface area is 276 Å². The number of rotatable bonds is 10. The highest BCUT2D eigenvalue weighted by Crippen LogP contribution is 2.40. The minimum Gasteiger partial charge on any atom is -0.463 e. The first-order valence-electron chi connectivity index (χ1n) is 17.0. The van der Waals surface area contributed by atoms with Gasteiger partial charge < -0.3 is 15.4 Å². The second kappa shape index (κ2) is 13.1. The average Bonchev–Trinajstić information content (AvgIpc) is 3.59. The molecule has 5 heterocycles. The fraction of sp³-hybridized carbons (Fsp3) is 0.500. The van der Waals surface area contributed by atoms with Crippen LogP contribution in [0, 0.1) is 11.6 Å². The first kappa shape index (κ1) is 32.5. The summed E-state index contributed by atoms with van der Waals surface area (Å²) in [6, 6.07) is 8.17. The number of aryl methyl sites for hydroxylation is 1. The Balaban J connectivity index is 1.14. The van der Waals surface area contributed by atoms with Gasteiger partial charge in [-0.3, -0.25) is 24.5 Å². The molecule has 48 heavy (non-hydrogen) atoms. The quantitative estimate of drug-likeness (QED) is 0.197. The number of hydrogen-bond donors (Lipinski definition) is 3. The van der Waals surface area contributed by atoms with Gasteiger partial charge in [0.25, 0.3) is 11.6 Å². The number of hydrogen-bond acceptors (Lipinski definition) is 7. The summed E-state index contributed by atoms with van der Waals surface area (Å²) < 4.78 is 52.0.